The zero-order valence-electron chi connectivity index (χ0n) is 13.4. The molecule has 0 saturated heterocycles. The highest BCUT2D eigenvalue weighted by Gasteiger charge is 2.19. The second kappa shape index (κ2) is 6.21. The Labute approximate surface area is 134 Å². The van der Waals surface area contributed by atoms with E-state index in [-0.39, 0.29) is 0 Å². The van der Waals surface area contributed by atoms with Gasteiger partial charge in [-0.3, -0.25) is 0 Å². The molecule has 0 fully saturated rings. The summed E-state index contributed by atoms with van der Waals surface area (Å²) in [5.41, 5.74) is 10.2. The molecule has 2 aromatic heterocycles. The molecular weight excluding hydrogens is 294 g/mol. The molecule has 0 radical (unpaired) electrons. The van der Waals surface area contributed by atoms with Crippen molar-refractivity contribution >= 4 is 0 Å². The predicted octanol–water partition coefficient (Wildman–Crippen LogP) is 2.07. The van der Waals surface area contributed by atoms with E-state index in [4.69, 9.17) is 15.0 Å². The number of hydrogen-bond donors (Lipinski definition) is 1. The lowest BCUT2D eigenvalue weighted by Gasteiger charge is -2.11. The van der Waals surface area contributed by atoms with Gasteiger partial charge in [-0.15, -0.1) is 5.10 Å². The van der Waals surface area contributed by atoms with Crippen molar-refractivity contribution in [2.75, 3.05) is 7.11 Å². The summed E-state index contributed by atoms with van der Waals surface area (Å²) in [6.07, 6.45) is 0. The summed E-state index contributed by atoms with van der Waals surface area (Å²) in [7, 11) is 1.64. The molecule has 7 nitrogen and oxygen atoms in total. The molecule has 3 rings (SSSR count). The first-order valence-corrected chi connectivity index (χ1v) is 7.33. The first kappa shape index (κ1) is 15.2. The summed E-state index contributed by atoms with van der Waals surface area (Å²) in [5.74, 6) is 1.53. The topological polar surface area (TPSA) is 92.0 Å². The molecule has 0 unspecified atom stereocenters. The minimum atomic E-state index is 0.301. The minimum Gasteiger partial charge on any atom is -0.496 e. The van der Waals surface area contributed by atoms with Crippen LogP contribution in [0, 0.1) is 13.8 Å². The molecule has 0 amide bonds. The Kier molecular flexibility index (Phi) is 4.12. The van der Waals surface area contributed by atoms with Gasteiger partial charge < -0.3 is 15.0 Å². The molecule has 0 saturated carbocycles. The fraction of sp³-hybridized carbons (Fsp3) is 0.312. The van der Waals surface area contributed by atoms with E-state index in [9.17, 15) is 0 Å². The van der Waals surface area contributed by atoms with Gasteiger partial charge in [0.05, 0.1) is 25.0 Å². The Balaban J connectivity index is 2.11. The summed E-state index contributed by atoms with van der Waals surface area (Å²) in [4.78, 5) is 0. The van der Waals surface area contributed by atoms with Crippen LogP contribution in [0.15, 0.2) is 28.8 Å². The fourth-order valence-corrected chi connectivity index (χ4v) is 2.61. The average Bonchev–Trinajstić information content (AvgIpc) is 3.12. The molecule has 7 heteroatoms. The molecule has 0 bridgehead atoms. The van der Waals surface area contributed by atoms with Crippen molar-refractivity contribution < 1.29 is 9.26 Å². The third-order valence-corrected chi connectivity index (χ3v) is 3.85. The van der Waals surface area contributed by atoms with Crippen LogP contribution >= 0.6 is 0 Å². The number of ether oxygens (including phenoxy) is 1. The summed E-state index contributed by atoms with van der Waals surface area (Å²) in [6, 6.07) is 7.75. The second-order valence-electron chi connectivity index (χ2n) is 5.25. The number of rotatable bonds is 5. The number of aromatic nitrogens is 4. The SMILES string of the molecule is COc1ccccc1-c1c(CN)nnn1Cc1c(C)noc1C. The smallest absolute Gasteiger partial charge is 0.138 e. The van der Waals surface area contributed by atoms with Crippen molar-refractivity contribution in [3.8, 4) is 17.0 Å². The molecular formula is C16H19N5O2. The van der Waals surface area contributed by atoms with E-state index in [1.807, 2.05) is 42.8 Å². The van der Waals surface area contributed by atoms with Crippen molar-refractivity contribution in [1.82, 2.24) is 20.2 Å². The zero-order chi connectivity index (χ0) is 16.4. The third-order valence-electron chi connectivity index (χ3n) is 3.85. The summed E-state index contributed by atoms with van der Waals surface area (Å²) >= 11 is 0. The number of nitrogens with two attached hydrogens (primary N) is 1. The standard InChI is InChI=1S/C16H19N5O2/c1-10-13(11(2)23-19-10)9-21-16(14(8-17)18-20-21)12-6-4-5-7-15(12)22-3/h4-7H,8-9,17H2,1-3H3. The van der Waals surface area contributed by atoms with Crippen LogP contribution in [0.5, 0.6) is 5.75 Å². The van der Waals surface area contributed by atoms with Crippen LogP contribution < -0.4 is 10.5 Å². The van der Waals surface area contributed by atoms with E-state index >= 15 is 0 Å². The van der Waals surface area contributed by atoms with E-state index in [0.29, 0.717) is 13.1 Å². The van der Waals surface area contributed by atoms with E-state index in [0.717, 1.165) is 39.7 Å². The second-order valence-corrected chi connectivity index (χ2v) is 5.25. The Morgan fingerprint density at radius 3 is 2.70 bits per heavy atom. The van der Waals surface area contributed by atoms with Gasteiger partial charge in [0.25, 0.3) is 0 Å². The van der Waals surface area contributed by atoms with Crippen LogP contribution in [0.25, 0.3) is 11.3 Å². The molecule has 2 N–H and O–H groups in total. The Morgan fingerprint density at radius 2 is 2.04 bits per heavy atom. The highest BCUT2D eigenvalue weighted by Crippen LogP contribution is 2.32. The third kappa shape index (κ3) is 2.70. The van der Waals surface area contributed by atoms with Crippen molar-refractivity contribution in [3.63, 3.8) is 0 Å². The van der Waals surface area contributed by atoms with Crippen molar-refractivity contribution in [2.24, 2.45) is 5.73 Å². The van der Waals surface area contributed by atoms with E-state index in [1.165, 1.54) is 0 Å². The van der Waals surface area contributed by atoms with E-state index < -0.39 is 0 Å². The first-order chi connectivity index (χ1) is 11.2. The molecule has 0 aliphatic carbocycles. The van der Waals surface area contributed by atoms with Crippen molar-refractivity contribution in [1.29, 1.82) is 0 Å². The lowest BCUT2D eigenvalue weighted by Crippen LogP contribution is -2.07. The van der Waals surface area contributed by atoms with E-state index in [2.05, 4.69) is 15.5 Å². The van der Waals surface area contributed by atoms with Crippen LogP contribution in [0.4, 0.5) is 0 Å². The summed E-state index contributed by atoms with van der Waals surface area (Å²) < 4.78 is 12.5. The van der Waals surface area contributed by atoms with Crippen LogP contribution in [0.2, 0.25) is 0 Å². The number of nitrogens with zero attached hydrogens (tertiary/aromatic N) is 4. The Morgan fingerprint density at radius 1 is 1.26 bits per heavy atom. The monoisotopic (exact) mass is 313 g/mol. The van der Waals surface area contributed by atoms with Crippen LogP contribution in [-0.4, -0.2) is 27.3 Å². The Bertz CT molecular complexity index is 802. The molecule has 23 heavy (non-hydrogen) atoms. The largest absolute Gasteiger partial charge is 0.496 e. The summed E-state index contributed by atoms with van der Waals surface area (Å²) in [6.45, 7) is 4.62. The number of benzene rings is 1. The first-order valence-electron chi connectivity index (χ1n) is 7.33. The van der Waals surface area contributed by atoms with Gasteiger partial charge in [-0.1, -0.05) is 22.5 Å². The minimum absolute atomic E-state index is 0.301. The quantitative estimate of drug-likeness (QED) is 0.775. The highest BCUT2D eigenvalue weighted by atomic mass is 16.5. The average molecular weight is 313 g/mol. The fourth-order valence-electron chi connectivity index (χ4n) is 2.61. The maximum Gasteiger partial charge on any atom is 0.138 e. The lowest BCUT2D eigenvalue weighted by molar-refractivity contribution is 0.391. The van der Waals surface area contributed by atoms with Crippen LogP contribution in [-0.2, 0) is 13.1 Å². The molecule has 0 spiro atoms. The van der Waals surface area contributed by atoms with Gasteiger partial charge in [-0.2, -0.15) is 0 Å². The van der Waals surface area contributed by atoms with Gasteiger partial charge in [-0.05, 0) is 26.0 Å². The maximum atomic E-state index is 5.84. The van der Waals surface area contributed by atoms with Gasteiger partial charge in [0.15, 0.2) is 0 Å². The zero-order valence-corrected chi connectivity index (χ0v) is 13.4. The highest BCUT2D eigenvalue weighted by molar-refractivity contribution is 5.69. The Hall–Kier alpha value is -2.67. The van der Waals surface area contributed by atoms with Gasteiger partial charge in [-0.25, -0.2) is 4.68 Å². The number of hydrogen-bond acceptors (Lipinski definition) is 6. The molecule has 0 aliphatic rings. The number of methoxy groups -OCH3 is 1. The molecule has 120 valence electrons. The normalized spacial score (nSPS) is 11.0. The number of para-hydroxylation sites is 1. The van der Waals surface area contributed by atoms with Crippen LogP contribution in [0.3, 0.4) is 0 Å². The van der Waals surface area contributed by atoms with Gasteiger partial charge in [0.2, 0.25) is 0 Å². The summed E-state index contributed by atoms with van der Waals surface area (Å²) in [5, 5.41) is 12.5. The van der Waals surface area contributed by atoms with Gasteiger partial charge >= 0.3 is 0 Å². The maximum absolute atomic E-state index is 5.84. The van der Waals surface area contributed by atoms with Gasteiger partial charge in [0, 0.05) is 17.7 Å². The molecule has 1 aromatic carbocycles. The van der Waals surface area contributed by atoms with Crippen LogP contribution in [0.1, 0.15) is 22.7 Å². The van der Waals surface area contributed by atoms with Gasteiger partial charge in [0.1, 0.15) is 17.2 Å². The molecule has 2 heterocycles. The predicted molar refractivity (Wildman–Crippen MR) is 85.0 cm³/mol. The van der Waals surface area contributed by atoms with Crippen molar-refractivity contribution in [3.05, 3.63) is 47.0 Å². The molecule has 0 atom stereocenters. The lowest BCUT2D eigenvalue weighted by atomic mass is 10.1. The van der Waals surface area contributed by atoms with E-state index in [1.54, 1.807) is 7.11 Å². The number of aryl methyl sites for hydroxylation is 2. The molecule has 0 aliphatic heterocycles. The van der Waals surface area contributed by atoms with Crippen molar-refractivity contribution in [2.45, 2.75) is 26.9 Å². The molecule has 3 aromatic rings.